The van der Waals surface area contributed by atoms with Crippen LogP contribution >= 0.6 is 0 Å². The van der Waals surface area contributed by atoms with Gasteiger partial charge in [0, 0.05) is 10.9 Å². The van der Waals surface area contributed by atoms with E-state index in [1.807, 2.05) is 0 Å². The zero-order valence-corrected chi connectivity index (χ0v) is 16.2. The van der Waals surface area contributed by atoms with Gasteiger partial charge < -0.3 is 20.5 Å². The molecule has 0 radical (unpaired) electrons. The minimum absolute atomic E-state index is 0.0144. The van der Waals surface area contributed by atoms with Crippen molar-refractivity contribution in [3.8, 4) is 11.5 Å². The van der Waals surface area contributed by atoms with Gasteiger partial charge in [-0.2, -0.15) is 13.2 Å². The zero-order valence-electron chi connectivity index (χ0n) is 16.2. The van der Waals surface area contributed by atoms with Gasteiger partial charge in [-0.25, -0.2) is 0 Å². The third-order valence-electron chi connectivity index (χ3n) is 4.33. The van der Waals surface area contributed by atoms with Crippen LogP contribution in [0.3, 0.4) is 0 Å². The molecule has 3 aromatic carbocycles. The molecular weight excluding hydrogens is 413 g/mol. The lowest BCUT2D eigenvalue weighted by molar-refractivity contribution is -0.141. The van der Waals surface area contributed by atoms with Crippen LogP contribution in [0.25, 0.3) is 10.8 Å². The van der Waals surface area contributed by atoms with Gasteiger partial charge in [-0.1, -0.05) is 12.1 Å². The molecule has 1 amide bonds. The quantitative estimate of drug-likeness (QED) is 0.437. The second kappa shape index (κ2) is 9.48. The molecule has 0 spiro atoms. The van der Waals surface area contributed by atoms with Crippen molar-refractivity contribution >= 4 is 22.6 Å². The van der Waals surface area contributed by atoms with E-state index in [1.165, 1.54) is 12.1 Å². The van der Waals surface area contributed by atoms with Crippen molar-refractivity contribution in [3.63, 3.8) is 0 Å². The number of benzene rings is 3. The second-order valence-electron chi connectivity index (χ2n) is 6.50. The van der Waals surface area contributed by atoms with Gasteiger partial charge in [0.25, 0.3) is 5.91 Å². The minimum Gasteiger partial charge on any atom is -0.463 e. The lowest BCUT2D eigenvalue weighted by Crippen LogP contribution is -2.29. The molecule has 0 bridgehead atoms. The fourth-order valence-electron chi connectivity index (χ4n) is 2.81. The molecule has 0 saturated heterocycles. The third kappa shape index (κ3) is 5.73. The number of halogens is 3. The predicted molar refractivity (Wildman–Crippen MR) is 108 cm³/mol. The maximum absolute atomic E-state index is 12.7. The molecule has 0 heterocycles. The molecule has 6 nitrogen and oxygen atoms in total. The Bertz CT molecular complexity index is 1080. The maximum atomic E-state index is 12.7. The molecule has 0 aliphatic rings. The molecule has 31 heavy (non-hydrogen) atoms. The number of nitrogens with one attached hydrogen (secondary N) is 1. The fraction of sp³-hybridized carbons (Fsp3) is 0.182. The van der Waals surface area contributed by atoms with E-state index in [0.717, 1.165) is 12.1 Å². The van der Waals surface area contributed by atoms with Gasteiger partial charge in [-0.3, -0.25) is 9.59 Å². The van der Waals surface area contributed by atoms with E-state index < -0.39 is 17.7 Å². The SMILES string of the molecule is NCC(=O)OCCNC(=O)c1ccc2c(Oc3ccc(C(F)(F)F)cc3)cccc2c1. The smallest absolute Gasteiger partial charge is 0.416 e. The van der Waals surface area contributed by atoms with Gasteiger partial charge in [0.2, 0.25) is 0 Å². The van der Waals surface area contributed by atoms with Crippen LogP contribution in [0.4, 0.5) is 13.2 Å². The van der Waals surface area contributed by atoms with Gasteiger partial charge in [-0.05, 0) is 53.9 Å². The number of esters is 1. The van der Waals surface area contributed by atoms with Crippen LogP contribution in [0.2, 0.25) is 0 Å². The Hall–Kier alpha value is -3.59. The fourth-order valence-corrected chi connectivity index (χ4v) is 2.81. The van der Waals surface area contributed by atoms with Gasteiger partial charge >= 0.3 is 12.1 Å². The Labute approximate surface area is 175 Å². The summed E-state index contributed by atoms with van der Waals surface area (Å²) in [6.07, 6.45) is -4.42. The summed E-state index contributed by atoms with van der Waals surface area (Å²) in [5, 5.41) is 4.04. The van der Waals surface area contributed by atoms with E-state index in [2.05, 4.69) is 5.32 Å². The molecule has 3 N–H and O–H groups in total. The van der Waals surface area contributed by atoms with Gasteiger partial charge in [0.15, 0.2) is 0 Å². The van der Waals surface area contributed by atoms with E-state index >= 15 is 0 Å². The number of fused-ring (bicyclic) bond motifs is 1. The molecule has 0 fully saturated rings. The molecule has 0 aliphatic carbocycles. The summed E-state index contributed by atoms with van der Waals surface area (Å²) in [6, 6.07) is 14.6. The first-order chi connectivity index (χ1) is 14.8. The van der Waals surface area contributed by atoms with Crippen molar-refractivity contribution in [2.75, 3.05) is 19.7 Å². The highest BCUT2D eigenvalue weighted by atomic mass is 19.4. The molecule has 3 aromatic rings. The molecule has 9 heteroatoms. The Morgan fingerprint density at radius 2 is 1.74 bits per heavy atom. The second-order valence-corrected chi connectivity index (χ2v) is 6.50. The van der Waals surface area contributed by atoms with Crippen molar-refractivity contribution in [2.24, 2.45) is 5.73 Å². The van der Waals surface area contributed by atoms with E-state index in [-0.39, 0.29) is 31.4 Å². The molecule has 0 aromatic heterocycles. The van der Waals surface area contributed by atoms with Crippen LogP contribution in [0.1, 0.15) is 15.9 Å². The summed E-state index contributed by atoms with van der Waals surface area (Å²) in [5.41, 5.74) is 4.76. The van der Waals surface area contributed by atoms with Crippen molar-refractivity contribution in [1.82, 2.24) is 5.32 Å². The standard InChI is InChI=1S/C22H19F3N2O4/c23-22(24,25)16-5-7-17(8-6-16)31-19-3-1-2-14-12-15(4-9-18(14)19)21(29)27-10-11-30-20(28)13-26/h1-9,12H,10-11,13,26H2,(H,27,29). The first kappa shape index (κ1) is 22.1. The van der Waals surface area contributed by atoms with Gasteiger partial charge in [0.05, 0.1) is 18.7 Å². The Morgan fingerprint density at radius 3 is 2.42 bits per heavy atom. The number of carbonyl (C=O) groups is 2. The van der Waals surface area contributed by atoms with Crippen molar-refractivity contribution in [1.29, 1.82) is 0 Å². The summed E-state index contributed by atoms with van der Waals surface area (Å²) in [6.45, 7) is -0.0738. The van der Waals surface area contributed by atoms with Crippen LogP contribution in [-0.4, -0.2) is 31.6 Å². The number of hydrogen-bond donors (Lipinski definition) is 2. The highest BCUT2D eigenvalue weighted by molar-refractivity contribution is 5.99. The van der Waals surface area contributed by atoms with Crippen molar-refractivity contribution in [3.05, 3.63) is 71.8 Å². The van der Waals surface area contributed by atoms with Crippen molar-refractivity contribution < 1.29 is 32.2 Å². The minimum atomic E-state index is -4.42. The molecule has 0 atom stereocenters. The number of nitrogens with two attached hydrogens (primary N) is 1. The lowest BCUT2D eigenvalue weighted by Gasteiger charge is -2.12. The van der Waals surface area contributed by atoms with E-state index in [0.29, 0.717) is 22.1 Å². The number of rotatable bonds is 7. The Kier molecular flexibility index (Phi) is 6.76. The van der Waals surface area contributed by atoms with E-state index in [4.69, 9.17) is 15.2 Å². The number of ether oxygens (including phenoxy) is 2. The number of carbonyl (C=O) groups excluding carboxylic acids is 2. The largest absolute Gasteiger partial charge is 0.463 e. The molecule has 0 aliphatic heterocycles. The molecular formula is C22H19F3N2O4. The van der Waals surface area contributed by atoms with E-state index in [1.54, 1.807) is 36.4 Å². The van der Waals surface area contributed by atoms with Crippen LogP contribution in [0.5, 0.6) is 11.5 Å². The summed E-state index contributed by atoms with van der Waals surface area (Å²) >= 11 is 0. The predicted octanol–water partition coefficient (Wildman–Crippen LogP) is 3.88. The molecule has 0 unspecified atom stereocenters. The normalized spacial score (nSPS) is 11.2. The van der Waals surface area contributed by atoms with E-state index in [9.17, 15) is 22.8 Å². The average molecular weight is 432 g/mol. The van der Waals surface area contributed by atoms with Crippen molar-refractivity contribution in [2.45, 2.75) is 6.18 Å². The summed E-state index contributed by atoms with van der Waals surface area (Å²) in [5.74, 6) is -0.201. The first-order valence-electron chi connectivity index (χ1n) is 9.30. The van der Waals surface area contributed by atoms with Gasteiger partial charge in [0.1, 0.15) is 18.1 Å². The average Bonchev–Trinajstić information content (AvgIpc) is 2.76. The van der Waals surface area contributed by atoms with Gasteiger partial charge in [-0.15, -0.1) is 0 Å². The lowest BCUT2D eigenvalue weighted by atomic mass is 10.1. The Balaban J connectivity index is 1.71. The highest BCUT2D eigenvalue weighted by Crippen LogP contribution is 2.33. The van der Waals surface area contributed by atoms with Crippen LogP contribution in [0, 0.1) is 0 Å². The maximum Gasteiger partial charge on any atom is 0.416 e. The summed E-state index contributed by atoms with van der Waals surface area (Å²) < 4.78 is 48.7. The zero-order chi connectivity index (χ0) is 22.4. The summed E-state index contributed by atoms with van der Waals surface area (Å²) in [4.78, 5) is 23.3. The van der Waals surface area contributed by atoms with Crippen LogP contribution in [0.15, 0.2) is 60.7 Å². The third-order valence-corrected chi connectivity index (χ3v) is 4.33. The molecule has 3 rings (SSSR count). The number of hydrogen-bond acceptors (Lipinski definition) is 5. The van der Waals surface area contributed by atoms with Crippen LogP contribution in [-0.2, 0) is 15.7 Å². The number of alkyl halides is 3. The first-order valence-corrected chi connectivity index (χ1v) is 9.30. The topological polar surface area (TPSA) is 90.7 Å². The van der Waals surface area contributed by atoms with Crippen LogP contribution < -0.4 is 15.8 Å². The number of amides is 1. The monoisotopic (exact) mass is 432 g/mol. The Morgan fingerprint density at radius 1 is 1.00 bits per heavy atom. The summed E-state index contributed by atoms with van der Waals surface area (Å²) in [7, 11) is 0. The molecule has 0 saturated carbocycles. The molecule has 162 valence electrons. The highest BCUT2D eigenvalue weighted by Gasteiger charge is 2.30.